The third-order valence-corrected chi connectivity index (χ3v) is 4.29. The molecule has 0 radical (unpaired) electrons. The Balaban J connectivity index is 0.00000312. The number of rotatable bonds is 9. The van der Waals surface area contributed by atoms with Crippen LogP contribution < -0.4 is 10.6 Å². The van der Waals surface area contributed by atoms with Crippen molar-refractivity contribution in [3.8, 4) is 0 Å². The van der Waals surface area contributed by atoms with E-state index in [-0.39, 0.29) is 30.1 Å². The first kappa shape index (κ1) is 22.2. The predicted octanol–water partition coefficient (Wildman–Crippen LogP) is 3.29. The zero-order valence-corrected chi connectivity index (χ0v) is 17.8. The van der Waals surface area contributed by atoms with Crippen LogP contribution in [0.15, 0.2) is 29.3 Å². The van der Waals surface area contributed by atoms with Gasteiger partial charge in [-0.15, -0.1) is 24.0 Å². The van der Waals surface area contributed by atoms with Gasteiger partial charge in [0.1, 0.15) is 0 Å². The SMILES string of the molecule is CN=C(NCCCOC)NCCCOC1CCCc2ccccc21.I. The standard InChI is InChI=1S/C19H31N3O2.HI/c1-20-19(21-12-6-14-23-2)22-13-7-15-24-18-11-5-9-16-8-3-4-10-17(16)18;/h3-4,8,10,18H,5-7,9,11-15H2,1-2H3,(H2,20,21,22);1H. The Hall–Kier alpha value is -0.860. The zero-order chi connectivity index (χ0) is 17.0. The van der Waals surface area contributed by atoms with Gasteiger partial charge >= 0.3 is 0 Å². The van der Waals surface area contributed by atoms with E-state index in [1.165, 1.54) is 24.0 Å². The minimum absolute atomic E-state index is 0. The number of guanidine groups is 1. The van der Waals surface area contributed by atoms with Crippen LogP contribution in [-0.2, 0) is 15.9 Å². The number of methoxy groups -OCH3 is 1. The molecule has 2 N–H and O–H groups in total. The van der Waals surface area contributed by atoms with Crippen LogP contribution in [0.5, 0.6) is 0 Å². The van der Waals surface area contributed by atoms with Gasteiger partial charge in [0.2, 0.25) is 0 Å². The molecule has 0 heterocycles. The second-order valence-corrected chi connectivity index (χ2v) is 6.08. The zero-order valence-electron chi connectivity index (χ0n) is 15.4. The lowest BCUT2D eigenvalue weighted by Crippen LogP contribution is -2.38. The van der Waals surface area contributed by atoms with E-state index in [1.807, 2.05) is 0 Å². The first-order valence-electron chi connectivity index (χ1n) is 8.98. The van der Waals surface area contributed by atoms with Crippen LogP contribution in [0.2, 0.25) is 0 Å². The van der Waals surface area contributed by atoms with E-state index < -0.39 is 0 Å². The maximum atomic E-state index is 6.12. The van der Waals surface area contributed by atoms with E-state index in [2.05, 4.69) is 39.9 Å². The highest BCUT2D eigenvalue weighted by atomic mass is 127. The van der Waals surface area contributed by atoms with Crippen molar-refractivity contribution in [2.45, 2.75) is 38.2 Å². The van der Waals surface area contributed by atoms with Crippen molar-refractivity contribution in [2.24, 2.45) is 4.99 Å². The largest absolute Gasteiger partial charge is 0.385 e. The number of aliphatic imine (C=N–C) groups is 1. The fraction of sp³-hybridized carbons (Fsp3) is 0.632. The lowest BCUT2D eigenvalue weighted by Gasteiger charge is -2.25. The summed E-state index contributed by atoms with van der Waals surface area (Å²) in [5, 5.41) is 6.60. The Kier molecular flexibility index (Phi) is 11.9. The molecule has 1 unspecified atom stereocenters. The van der Waals surface area contributed by atoms with E-state index >= 15 is 0 Å². The van der Waals surface area contributed by atoms with Gasteiger partial charge in [-0.1, -0.05) is 24.3 Å². The van der Waals surface area contributed by atoms with Crippen molar-refractivity contribution in [1.82, 2.24) is 10.6 Å². The van der Waals surface area contributed by atoms with Crippen LogP contribution >= 0.6 is 24.0 Å². The average molecular weight is 461 g/mol. The molecule has 0 saturated carbocycles. The molecule has 6 heteroatoms. The minimum Gasteiger partial charge on any atom is -0.385 e. The lowest BCUT2D eigenvalue weighted by atomic mass is 9.89. The maximum Gasteiger partial charge on any atom is 0.190 e. The van der Waals surface area contributed by atoms with Gasteiger partial charge in [-0.3, -0.25) is 4.99 Å². The van der Waals surface area contributed by atoms with Crippen molar-refractivity contribution >= 4 is 29.9 Å². The molecular formula is C19H32IN3O2. The molecule has 142 valence electrons. The summed E-state index contributed by atoms with van der Waals surface area (Å²) in [5.41, 5.74) is 2.83. The third kappa shape index (κ3) is 7.92. The van der Waals surface area contributed by atoms with Crippen LogP contribution in [-0.4, -0.2) is 46.4 Å². The first-order chi connectivity index (χ1) is 11.8. The summed E-state index contributed by atoms with van der Waals surface area (Å²) in [5.74, 6) is 0.842. The van der Waals surface area contributed by atoms with Crippen molar-refractivity contribution < 1.29 is 9.47 Å². The Morgan fingerprint density at radius 2 is 1.88 bits per heavy atom. The quantitative estimate of drug-likeness (QED) is 0.257. The molecule has 1 aromatic carbocycles. The smallest absolute Gasteiger partial charge is 0.190 e. The molecule has 0 saturated heterocycles. The fourth-order valence-electron chi connectivity index (χ4n) is 3.03. The highest BCUT2D eigenvalue weighted by Gasteiger charge is 2.19. The van der Waals surface area contributed by atoms with Gasteiger partial charge in [-0.25, -0.2) is 0 Å². The Labute approximate surface area is 169 Å². The molecule has 0 bridgehead atoms. The third-order valence-electron chi connectivity index (χ3n) is 4.29. The van der Waals surface area contributed by atoms with E-state index in [1.54, 1.807) is 14.2 Å². The summed E-state index contributed by atoms with van der Waals surface area (Å²) in [6, 6.07) is 8.67. The molecule has 25 heavy (non-hydrogen) atoms. The topological polar surface area (TPSA) is 54.9 Å². The highest BCUT2D eigenvalue weighted by Crippen LogP contribution is 2.32. The van der Waals surface area contributed by atoms with Crippen molar-refractivity contribution in [3.63, 3.8) is 0 Å². The van der Waals surface area contributed by atoms with Crippen molar-refractivity contribution in [2.75, 3.05) is 40.5 Å². The predicted molar refractivity (Wildman–Crippen MR) is 114 cm³/mol. The summed E-state index contributed by atoms with van der Waals surface area (Å²) < 4.78 is 11.2. The second kappa shape index (κ2) is 13.4. The number of halogens is 1. The number of benzene rings is 1. The Morgan fingerprint density at radius 1 is 1.16 bits per heavy atom. The number of aryl methyl sites for hydroxylation is 1. The van der Waals surface area contributed by atoms with Gasteiger partial charge in [0.25, 0.3) is 0 Å². The molecule has 0 spiro atoms. The maximum absolute atomic E-state index is 6.12. The van der Waals surface area contributed by atoms with Gasteiger partial charge < -0.3 is 20.1 Å². The molecule has 0 amide bonds. The van der Waals surface area contributed by atoms with Crippen molar-refractivity contribution in [3.05, 3.63) is 35.4 Å². The normalized spacial score (nSPS) is 16.7. The van der Waals surface area contributed by atoms with Crippen LogP contribution in [0.4, 0.5) is 0 Å². The molecule has 1 aliphatic carbocycles. The molecule has 2 rings (SSSR count). The molecule has 0 fully saturated rings. The molecular weight excluding hydrogens is 429 g/mol. The summed E-state index contributed by atoms with van der Waals surface area (Å²) in [6.45, 7) is 3.26. The fourth-order valence-corrected chi connectivity index (χ4v) is 3.03. The molecule has 1 atom stereocenters. The average Bonchev–Trinajstić information content (AvgIpc) is 2.63. The van der Waals surface area contributed by atoms with Gasteiger partial charge in [-0.2, -0.15) is 0 Å². The van der Waals surface area contributed by atoms with Crippen LogP contribution in [0.3, 0.4) is 0 Å². The number of nitrogens with one attached hydrogen (secondary N) is 2. The highest BCUT2D eigenvalue weighted by molar-refractivity contribution is 14.0. The molecule has 1 aromatic rings. The van der Waals surface area contributed by atoms with Gasteiger partial charge in [0.05, 0.1) is 6.10 Å². The Morgan fingerprint density at radius 3 is 2.60 bits per heavy atom. The lowest BCUT2D eigenvalue weighted by molar-refractivity contribution is 0.0398. The van der Waals surface area contributed by atoms with Gasteiger partial charge in [-0.05, 0) is 43.2 Å². The molecule has 0 aliphatic heterocycles. The number of hydrogen-bond donors (Lipinski definition) is 2. The molecule has 5 nitrogen and oxygen atoms in total. The second-order valence-electron chi connectivity index (χ2n) is 6.08. The van der Waals surface area contributed by atoms with E-state index in [0.717, 1.165) is 51.5 Å². The molecule has 1 aliphatic rings. The first-order valence-corrected chi connectivity index (χ1v) is 8.98. The Bertz CT molecular complexity index is 511. The monoisotopic (exact) mass is 461 g/mol. The summed E-state index contributed by atoms with van der Waals surface area (Å²) >= 11 is 0. The van der Waals surface area contributed by atoms with Gasteiger partial charge in [0.15, 0.2) is 5.96 Å². The van der Waals surface area contributed by atoms with Gasteiger partial charge in [0, 0.05) is 40.5 Å². The summed E-state index contributed by atoms with van der Waals surface area (Å²) in [7, 11) is 3.51. The van der Waals surface area contributed by atoms with Crippen LogP contribution in [0, 0.1) is 0 Å². The van der Waals surface area contributed by atoms with E-state index in [0.29, 0.717) is 0 Å². The van der Waals surface area contributed by atoms with E-state index in [9.17, 15) is 0 Å². The minimum atomic E-state index is 0. The summed E-state index contributed by atoms with van der Waals surface area (Å²) in [4.78, 5) is 4.22. The summed E-state index contributed by atoms with van der Waals surface area (Å²) in [6.07, 6.45) is 5.74. The number of ether oxygens (including phenoxy) is 2. The van der Waals surface area contributed by atoms with Crippen LogP contribution in [0.1, 0.15) is 42.9 Å². The van der Waals surface area contributed by atoms with Crippen LogP contribution in [0.25, 0.3) is 0 Å². The number of fused-ring (bicyclic) bond motifs is 1. The number of hydrogen-bond acceptors (Lipinski definition) is 3. The number of nitrogens with zero attached hydrogens (tertiary/aromatic N) is 1. The molecule has 0 aromatic heterocycles. The van der Waals surface area contributed by atoms with Crippen molar-refractivity contribution in [1.29, 1.82) is 0 Å². The van der Waals surface area contributed by atoms with E-state index in [4.69, 9.17) is 9.47 Å².